The fourth-order valence-corrected chi connectivity index (χ4v) is 4.40. The Labute approximate surface area is 209 Å². The van der Waals surface area contributed by atoms with Crippen molar-refractivity contribution in [1.29, 1.82) is 0 Å². The van der Waals surface area contributed by atoms with E-state index in [0.29, 0.717) is 42.5 Å². The third-order valence-corrected chi connectivity index (χ3v) is 6.30. The van der Waals surface area contributed by atoms with E-state index in [9.17, 15) is 10.0 Å². The van der Waals surface area contributed by atoms with Crippen molar-refractivity contribution in [3.63, 3.8) is 0 Å². The lowest BCUT2D eigenvalue weighted by Gasteiger charge is -2.22. The van der Waals surface area contributed by atoms with Crippen molar-refractivity contribution in [2.24, 2.45) is 0 Å². The molecular formula is C28H27N5O3. The molecule has 0 radical (unpaired) electrons. The minimum Gasteiger partial charge on any atom is -0.619 e. The predicted molar refractivity (Wildman–Crippen MR) is 139 cm³/mol. The highest BCUT2D eigenvalue weighted by Gasteiger charge is 2.27. The molecule has 0 aliphatic carbocycles. The number of nitrogens with one attached hydrogen (secondary N) is 1. The molecule has 8 heteroatoms. The highest BCUT2D eigenvalue weighted by molar-refractivity contribution is 6.11. The van der Waals surface area contributed by atoms with Gasteiger partial charge in [-0.05, 0) is 73.4 Å². The fraction of sp³-hybridized carbons (Fsp3) is 0.214. The first kappa shape index (κ1) is 23.3. The highest BCUT2D eigenvalue weighted by atomic mass is 16.5. The Hall–Kier alpha value is -4.46. The summed E-state index contributed by atoms with van der Waals surface area (Å²) in [5, 5.41) is 14.6. The first-order valence-electron chi connectivity index (χ1n) is 11.9. The molecule has 3 aromatic heterocycles. The number of aryl methyl sites for hydroxylation is 2. The smallest absolute Gasteiger partial charge is 0.259 e. The minimum absolute atomic E-state index is 0.194. The summed E-state index contributed by atoms with van der Waals surface area (Å²) in [5.41, 5.74) is 5.88. The van der Waals surface area contributed by atoms with Crippen molar-refractivity contribution >= 4 is 23.2 Å². The summed E-state index contributed by atoms with van der Waals surface area (Å²) in [6.45, 7) is 7.02. The average molecular weight is 482 g/mol. The number of benzene rings is 1. The zero-order valence-corrected chi connectivity index (χ0v) is 20.5. The van der Waals surface area contributed by atoms with E-state index in [1.54, 1.807) is 24.7 Å². The van der Waals surface area contributed by atoms with Crippen molar-refractivity contribution in [3.8, 4) is 16.9 Å². The van der Waals surface area contributed by atoms with E-state index >= 15 is 0 Å². The van der Waals surface area contributed by atoms with E-state index < -0.39 is 0 Å². The van der Waals surface area contributed by atoms with Crippen LogP contribution in [0.25, 0.3) is 11.1 Å². The molecule has 36 heavy (non-hydrogen) atoms. The molecule has 0 unspecified atom stereocenters. The fourth-order valence-electron chi connectivity index (χ4n) is 4.40. The quantitative estimate of drug-likeness (QED) is 0.316. The average Bonchev–Trinajstić information content (AvgIpc) is 2.99. The maximum absolute atomic E-state index is 13.1. The number of nitrogens with zero attached hydrogens (tertiary/aromatic N) is 4. The second kappa shape index (κ2) is 9.65. The number of pyridine rings is 3. The van der Waals surface area contributed by atoms with E-state index in [4.69, 9.17) is 4.74 Å². The van der Waals surface area contributed by atoms with Crippen LogP contribution < -0.4 is 19.7 Å². The number of anilines is 3. The number of hydrogen-bond donors (Lipinski definition) is 1. The van der Waals surface area contributed by atoms with Gasteiger partial charge in [0.2, 0.25) is 0 Å². The first-order valence-corrected chi connectivity index (χ1v) is 11.9. The normalized spacial score (nSPS) is 12.4. The van der Waals surface area contributed by atoms with Crippen molar-refractivity contribution in [3.05, 3.63) is 94.7 Å². The molecule has 1 N–H and O–H groups in total. The van der Waals surface area contributed by atoms with Gasteiger partial charge >= 0.3 is 0 Å². The van der Waals surface area contributed by atoms with Crippen LogP contribution in [0.1, 0.15) is 34.0 Å². The lowest BCUT2D eigenvalue weighted by Crippen LogP contribution is -2.23. The van der Waals surface area contributed by atoms with E-state index in [1.165, 1.54) is 6.20 Å². The van der Waals surface area contributed by atoms with Crippen molar-refractivity contribution in [2.75, 3.05) is 23.4 Å². The molecule has 5 rings (SSSR count). The first-order chi connectivity index (χ1) is 17.4. The van der Waals surface area contributed by atoms with Crippen LogP contribution in [0.2, 0.25) is 0 Å². The van der Waals surface area contributed by atoms with Crippen LogP contribution in [0.15, 0.2) is 67.3 Å². The highest BCUT2D eigenvalue weighted by Crippen LogP contribution is 2.36. The van der Waals surface area contributed by atoms with Crippen molar-refractivity contribution in [2.45, 2.75) is 27.2 Å². The lowest BCUT2D eigenvalue weighted by atomic mass is 10.0. The molecule has 182 valence electrons. The molecule has 1 aliphatic rings. The van der Waals surface area contributed by atoms with Gasteiger partial charge in [-0.2, -0.15) is 4.73 Å². The summed E-state index contributed by atoms with van der Waals surface area (Å²) >= 11 is 0. The monoisotopic (exact) mass is 481 g/mol. The van der Waals surface area contributed by atoms with Gasteiger partial charge in [0.25, 0.3) is 5.91 Å². The number of aromatic nitrogens is 3. The molecule has 1 aliphatic heterocycles. The van der Waals surface area contributed by atoms with E-state index in [0.717, 1.165) is 38.3 Å². The van der Waals surface area contributed by atoms with Gasteiger partial charge in [0.1, 0.15) is 11.6 Å². The zero-order valence-electron chi connectivity index (χ0n) is 20.5. The third-order valence-electron chi connectivity index (χ3n) is 6.30. The summed E-state index contributed by atoms with van der Waals surface area (Å²) in [6.07, 6.45) is 7.15. The molecule has 0 saturated heterocycles. The van der Waals surface area contributed by atoms with Gasteiger partial charge in [-0.3, -0.25) is 4.79 Å². The SMILES string of the molecule is CCN1c2ncc(CCOc3ccc(-c4ccc[n+]([O-])c4)cc3C)cc2C(=O)Nc2c(C)ccnc21. The summed E-state index contributed by atoms with van der Waals surface area (Å²) in [4.78, 5) is 24.2. The van der Waals surface area contributed by atoms with E-state index in [-0.39, 0.29) is 5.91 Å². The van der Waals surface area contributed by atoms with Crippen LogP contribution in [0, 0.1) is 19.1 Å². The summed E-state index contributed by atoms with van der Waals surface area (Å²) in [5.74, 6) is 1.88. The largest absolute Gasteiger partial charge is 0.619 e. The van der Waals surface area contributed by atoms with Crippen LogP contribution in [0.3, 0.4) is 0 Å². The number of carbonyl (C=O) groups is 1. The second-order valence-electron chi connectivity index (χ2n) is 8.77. The van der Waals surface area contributed by atoms with Crippen LogP contribution in [0.5, 0.6) is 5.75 Å². The van der Waals surface area contributed by atoms with E-state index in [2.05, 4.69) is 15.3 Å². The molecule has 0 spiro atoms. The molecule has 4 heterocycles. The number of hydrogen-bond acceptors (Lipinski definition) is 6. The van der Waals surface area contributed by atoms with Crippen LogP contribution >= 0.6 is 0 Å². The Balaban J connectivity index is 1.31. The molecule has 0 saturated carbocycles. The van der Waals surface area contributed by atoms with Gasteiger partial charge in [0.15, 0.2) is 18.2 Å². The molecule has 0 atom stereocenters. The van der Waals surface area contributed by atoms with Crippen LogP contribution in [0.4, 0.5) is 17.3 Å². The second-order valence-corrected chi connectivity index (χ2v) is 8.77. The van der Waals surface area contributed by atoms with Crippen molar-refractivity contribution in [1.82, 2.24) is 9.97 Å². The molecule has 1 amide bonds. The van der Waals surface area contributed by atoms with Gasteiger partial charge in [-0.25, -0.2) is 9.97 Å². The number of carbonyl (C=O) groups excluding carboxylic acids is 1. The van der Waals surface area contributed by atoms with Gasteiger partial charge in [0.05, 0.1) is 17.9 Å². The summed E-state index contributed by atoms with van der Waals surface area (Å²) in [6, 6.07) is 13.3. The molecule has 4 aromatic rings. The Bertz CT molecular complexity index is 1450. The van der Waals surface area contributed by atoms with Gasteiger partial charge in [-0.15, -0.1) is 0 Å². The topological polar surface area (TPSA) is 94.3 Å². The van der Waals surface area contributed by atoms with Gasteiger partial charge in [0, 0.05) is 37.0 Å². The molecule has 1 aromatic carbocycles. The van der Waals surface area contributed by atoms with E-state index in [1.807, 2.05) is 62.1 Å². The molecule has 0 fully saturated rings. The number of amides is 1. The van der Waals surface area contributed by atoms with Crippen LogP contribution in [-0.2, 0) is 6.42 Å². The standard InChI is InChI=1S/C28H27N5O3/c1-4-33-26-23(28(34)31-25-18(2)9-11-29-27(25)33)15-20(16-30-26)10-13-36-24-8-7-21(14-19(24)3)22-6-5-12-32(35)17-22/h5-9,11-12,14-17H,4,10,13H2,1-3H3,(H,31,34). The summed E-state index contributed by atoms with van der Waals surface area (Å²) < 4.78 is 6.84. The number of fused-ring (bicyclic) bond motifs is 2. The Morgan fingerprint density at radius 2 is 1.92 bits per heavy atom. The Morgan fingerprint density at radius 1 is 1.06 bits per heavy atom. The molecule has 0 bridgehead atoms. The van der Waals surface area contributed by atoms with Gasteiger partial charge in [-0.1, -0.05) is 6.07 Å². The third kappa shape index (κ3) is 4.45. The maximum atomic E-state index is 13.1. The van der Waals surface area contributed by atoms with Crippen LogP contribution in [-0.4, -0.2) is 29.0 Å². The van der Waals surface area contributed by atoms with Crippen molar-refractivity contribution < 1.29 is 14.3 Å². The minimum atomic E-state index is -0.194. The number of rotatable bonds is 6. The molecular weight excluding hydrogens is 454 g/mol. The number of ether oxygens (including phenoxy) is 1. The Kier molecular flexibility index (Phi) is 6.25. The predicted octanol–water partition coefficient (Wildman–Crippen LogP) is 4.74. The summed E-state index contributed by atoms with van der Waals surface area (Å²) in [7, 11) is 0. The van der Waals surface area contributed by atoms with Gasteiger partial charge < -0.3 is 20.2 Å². The zero-order chi connectivity index (χ0) is 25.2. The molecule has 8 nitrogen and oxygen atoms in total. The lowest BCUT2D eigenvalue weighted by molar-refractivity contribution is -0.604. The maximum Gasteiger partial charge on any atom is 0.259 e. The Morgan fingerprint density at radius 3 is 2.69 bits per heavy atom.